The van der Waals surface area contributed by atoms with E-state index in [9.17, 15) is 23.1 Å². The van der Waals surface area contributed by atoms with Crippen LogP contribution in [0.15, 0.2) is 72.9 Å². The molecule has 210 valence electrons. The van der Waals surface area contributed by atoms with E-state index in [0.29, 0.717) is 24.4 Å². The number of halogens is 3. The number of aryl methyl sites for hydroxylation is 1. The molecule has 0 bridgehead atoms. The van der Waals surface area contributed by atoms with Gasteiger partial charge in [0.15, 0.2) is 0 Å². The van der Waals surface area contributed by atoms with Crippen LogP contribution in [0.2, 0.25) is 0 Å². The number of amides is 1. The lowest BCUT2D eigenvalue weighted by Crippen LogP contribution is -2.44. The van der Waals surface area contributed by atoms with Crippen molar-refractivity contribution < 1.29 is 27.8 Å². The molecule has 0 saturated carbocycles. The summed E-state index contributed by atoms with van der Waals surface area (Å²) in [4.78, 5) is 14.8. The molecule has 40 heavy (non-hydrogen) atoms. The fourth-order valence-corrected chi connectivity index (χ4v) is 5.64. The maximum absolute atomic E-state index is 14.1. The SMILES string of the molecule is COc1ccc([C@@H]2Cc3c(cccc3C(F)(F)F)N(CCNCCc3cn(C)c4ccccc34)C(=O)[C@@H]2O)cc1. The number of fused-ring (bicyclic) bond motifs is 2. The number of carbonyl (C=O) groups is 1. The molecule has 9 heteroatoms. The number of benzene rings is 3. The zero-order chi connectivity index (χ0) is 28.4. The molecule has 5 rings (SSSR count). The number of ether oxygens (including phenoxy) is 1. The molecule has 2 heterocycles. The minimum absolute atomic E-state index is 0.0106. The summed E-state index contributed by atoms with van der Waals surface area (Å²) < 4.78 is 49.5. The van der Waals surface area contributed by atoms with Crippen molar-refractivity contribution >= 4 is 22.5 Å². The van der Waals surface area contributed by atoms with Crippen molar-refractivity contribution in [2.24, 2.45) is 7.05 Å². The number of hydrogen-bond acceptors (Lipinski definition) is 4. The minimum atomic E-state index is -4.60. The molecule has 0 spiro atoms. The molecule has 0 saturated heterocycles. The van der Waals surface area contributed by atoms with Gasteiger partial charge in [-0.1, -0.05) is 36.4 Å². The number of aliphatic hydroxyl groups excluding tert-OH is 1. The van der Waals surface area contributed by atoms with E-state index in [0.717, 1.165) is 18.0 Å². The summed E-state index contributed by atoms with van der Waals surface area (Å²) in [5.74, 6) is -0.884. The van der Waals surface area contributed by atoms with Crippen LogP contribution in [0.3, 0.4) is 0 Å². The maximum Gasteiger partial charge on any atom is 0.416 e. The number of methoxy groups -OCH3 is 1. The van der Waals surface area contributed by atoms with E-state index < -0.39 is 29.7 Å². The summed E-state index contributed by atoms with van der Waals surface area (Å²) in [6.45, 7) is 1.10. The fourth-order valence-electron chi connectivity index (χ4n) is 5.64. The number of nitrogens with one attached hydrogen (secondary N) is 1. The summed E-state index contributed by atoms with van der Waals surface area (Å²) in [6, 6.07) is 18.7. The second kappa shape index (κ2) is 11.3. The summed E-state index contributed by atoms with van der Waals surface area (Å²) in [7, 11) is 3.51. The van der Waals surface area contributed by atoms with Gasteiger partial charge in [0.05, 0.1) is 12.7 Å². The number of aliphatic hydroxyl groups is 1. The van der Waals surface area contributed by atoms with Gasteiger partial charge in [-0.15, -0.1) is 0 Å². The Labute approximate surface area is 231 Å². The van der Waals surface area contributed by atoms with Crippen molar-refractivity contribution in [3.63, 3.8) is 0 Å². The molecule has 6 nitrogen and oxygen atoms in total. The Bertz CT molecular complexity index is 1500. The van der Waals surface area contributed by atoms with E-state index >= 15 is 0 Å². The van der Waals surface area contributed by atoms with Gasteiger partial charge >= 0.3 is 6.18 Å². The molecule has 1 aliphatic heterocycles. The number of aromatic nitrogens is 1. The van der Waals surface area contributed by atoms with Gasteiger partial charge in [0, 0.05) is 48.8 Å². The van der Waals surface area contributed by atoms with Gasteiger partial charge in [0.1, 0.15) is 11.9 Å². The second-order valence-corrected chi connectivity index (χ2v) is 10.1. The van der Waals surface area contributed by atoms with Gasteiger partial charge < -0.3 is 24.6 Å². The van der Waals surface area contributed by atoms with Gasteiger partial charge in [-0.2, -0.15) is 13.2 Å². The quantitative estimate of drug-likeness (QED) is 0.300. The molecule has 1 aliphatic rings. The Hall–Kier alpha value is -3.82. The average molecular weight is 552 g/mol. The lowest BCUT2D eigenvalue weighted by atomic mass is 9.86. The standard InChI is InChI=1S/C31H32F3N3O3/c1-36-19-21(23-6-3-4-8-27(23)36)14-15-35-16-17-37-28-9-5-7-26(31(32,33)34)25(28)18-24(29(38)30(37)39)20-10-12-22(40-2)13-11-20/h3-13,19,24,29,35,38H,14-18H2,1-2H3/t24-,29+/m0/s1. The molecule has 1 amide bonds. The van der Waals surface area contributed by atoms with Gasteiger partial charge in [0.2, 0.25) is 0 Å². The summed E-state index contributed by atoms with van der Waals surface area (Å²) in [5.41, 5.74) is 2.31. The smallest absolute Gasteiger partial charge is 0.416 e. The summed E-state index contributed by atoms with van der Waals surface area (Å²) in [5, 5.41) is 15.7. The topological polar surface area (TPSA) is 66.7 Å². The van der Waals surface area contributed by atoms with Crippen molar-refractivity contribution in [2.75, 3.05) is 31.6 Å². The van der Waals surface area contributed by atoms with Gasteiger partial charge in [0.25, 0.3) is 5.91 Å². The molecule has 2 atom stereocenters. The lowest BCUT2D eigenvalue weighted by Gasteiger charge is -2.26. The largest absolute Gasteiger partial charge is 0.497 e. The third-order valence-electron chi connectivity index (χ3n) is 7.68. The first-order chi connectivity index (χ1) is 19.2. The molecule has 4 aromatic rings. The number of hydrogen-bond donors (Lipinski definition) is 2. The van der Waals surface area contributed by atoms with Gasteiger partial charge in [-0.05, 0) is 66.4 Å². The number of nitrogens with zero attached hydrogens (tertiary/aromatic N) is 2. The van der Waals surface area contributed by atoms with Crippen LogP contribution >= 0.6 is 0 Å². The molecule has 0 radical (unpaired) electrons. The van der Waals surface area contributed by atoms with Crippen LogP contribution in [0.25, 0.3) is 10.9 Å². The van der Waals surface area contributed by atoms with E-state index in [1.165, 1.54) is 35.1 Å². The highest BCUT2D eigenvalue weighted by Gasteiger charge is 2.41. The first-order valence-corrected chi connectivity index (χ1v) is 13.2. The molecule has 1 aromatic heterocycles. The van der Waals surface area contributed by atoms with Crippen molar-refractivity contribution in [3.8, 4) is 5.75 Å². The first kappa shape index (κ1) is 27.7. The Kier molecular flexibility index (Phi) is 7.87. The van der Waals surface area contributed by atoms with Crippen LogP contribution < -0.4 is 15.0 Å². The van der Waals surface area contributed by atoms with E-state index in [4.69, 9.17) is 4.74 Å². The summed E-state index contributed by atoms with van der Waals surface area (Å²) >= 11 is 0. The van der Waals surface area contributed by atoms with Crippen molar-refractivity contribution in [3.05, 3.63) is 95.2 Å². The number of carbonyl (C=O) groups excluding carboxylic acids is 1. The Balaban J connectivity index is 1.36. The lowest BCUT2D eigenvalue weighted by molar-refractivity contribution is -0.138. The predicted molar refractivity (Wildman–Crippen MR) is 149 cm³/mol. The second-order valence-electron chi connectivity index (χ2n) is 10.1. The van der Waals surface area contributed by atoms with Crippen LogP contribution in [-0.2, 0) is 30.9 Å². The molecule has 0 unspecified atom stereocenters. The van der Waals surface area contributed by atoms with Gasteiger partial charge in [-0.3, -0.25) is 4.79 Å². The highest BCUT2D eigenvalue weighted by molar-refractivity contribution is 5.99. The average Bonchev–Trinajstić information content (AvgIpc) is 3.22. The predicted octanol–water partition coefficient (Wildman–Crippen LogP) is 5.07. The highest BCUT2D eigenvalue weighted by atomic mass is 19.4. The number of alkyl halides is 3. The van der Waals surface area contributed by atoms with Gasteiger partial charge in [-0.25, -0.2) is 0 Å². The zero-order valence-corrected chi connectivity index (χ0v) is 22.4. The van der Waals surface area contributed by atoms with E-state index in [-0.39, 0.29) is 24.2 Å². The Morgan fingerprint density at radius 1 is 1.02 bits per heavy atom. The number of anilines is 1. The zero-order valence-electron chi connectivity index (χ0n) is 22.4. The summed E-state index contributed by atoms with van der Waals surface area (Å²) in [6.07, 6.45) is -3.38. The number of rotatable bonds is 8. The van der Waals surface area contributed by atoms with Crippen molar-refractivity contribution in [1.82, 2.24) is 9.88 Å². The third-order valence-corrected chi connectivity index (χ3v) is 7.68. The monoisotopic (exact) mass is 551 g/mol. The third kappa shape index (κ3) is 5.44. The molecule has 2 N–H and O–H groups in total. The highest BCUT2D eigenvalue weighted by Crippen LogP contribution is 2.42. The molecule has 0 fully saturated rings. The minimum Gasteiger partial charge on any atom is -0.497 e. The first-order valence-electron chi connectivity index (χ1n) is 13.2. The molecular weight excluding hydrogens is 519 g/mol. The normalized spacial score (nSPS) is 17.6. The van der Waals surface area contributed by atoms with Crippen LogP contribution in [0.4, 0.5) is 18.9 Å². The van der Waals surface area contributed by atoms with Crippen LogP contribution in [0.5, 0.6) is 5.75 Å². The van der Waals surface area contributed by atoms with E-state index in [2.05, 4.69) is 28.2 Å². The Morgan fingerprint density at radius 3 is 2.50 bits per heavy atom. The number of para-hydroxylation sites is 1. The van der Waals surface area contributed by atoms with E-state index in [1.54, 1.807) is 24.3 Å². The van der Waals surface area contributed by atoms with Crippen LogP contribution in [0.1, 0.15) is 28.2 Å². The van der Waals surface area contributed by atoms with Crippen molar-refractivity contribution in [2.45, 2.75) is 31.0 Å². The molecule has 0 aliphatic carbocycles. The maximum atomic E-state index is 14.1. The van der Waals surface area contributed by atoms with Crippen LogP contribution in [-0.4, -0.2) is 48.4 Å². The fraction of sp³-hybridized carbons (Fsp3) is 0.323. The molecule has 3 aromatic carbocycles. The van der Waals surface area contributed by atoms with Crippen LogP contribution in [0, 0.1) is 0 Å². The molecular formula is C31H32F3N3O3. The van der Waals surface area contributed by atoms with Crippen molar-refractivity contribution in [1.29, 1.82) is 0 Å². The Morgan fingerprint density at radius 2 is 1.77 bits per heavy atom. The van der Waals surface area contributed by atoms with E-state index in [1.807, 2.05) is 19.2 Å².